The Hall–Kier alpha value is -1.58. The number of nitrogens with one attached hydrogen (secondary N) is 1. The van der Waals surface area contributed by atoms with Gasteiger partial charge in [-0.15, -0.1) is 0 Å². The van der Waals surface area contributed by atoms with E-state index in [0.29, 0.717) is 15.7 Å². The van der Waals surface area contributed by atoms with Gasteiger partial charge >= 0.3 is 0 Å². The number of anilines is 1. The Morgan fingerprint density at radius 1 is 1.05 bits per heavy atom. The largest absolute Gasteiger partial charge is 0.275 e. The Kier molecular flexibility index (Phi) is 4.86. The van der Waals surface area contributed by atoms with E-state index in [-0.39, 0.29) is 5.41 Å². The van der Waals surface area contributed by atoms with E-state index in [1.54, 1.807) is 6.21 Å². The molecular weight excluding hydrogens is 305 g/mol. The molecule has 0 aliphatic heterocycles. The molecule has 0 radical (unpaired) electrons. The fourth-order valence-electron chi connectivity index (χ4n) is 1.76. The molecule has 2 rings (SSSR count). The summed E-state index contributed by atoms with van der Waals surface area (Å²) in [6, 6.07) is 8.27. The molecule has 0 aliphatic rings. The Morgan fingerprint density at radius 3 is 2.14 bits per heavy atom. The van der Waals surface area contributed by atoms with Crippen LogP contribution in [-0.4, -0.2) is 11.2 Å². The van der Waals surface area contributed by atoms with Gasteiger partial charge in [-0.2, -0.15) is 5.10 Å². The summed E-state index contributed by atoms with van der Waals surface area (Å²) < 4.78 is 0. The molecule has 3 nitrogen and oxygen atoms in total. The molecule has 0 spiro atoms. The number of hydrogen-bond acceptors (Lipinski definition) is 3. The first kappa shape index (κ1) is 15.8. The van der Waals surface area contributed by atoms with Crippen molar-refractivity contribution in [1.82, 2.24) is 4.98 Å². The van der Waals surface area contributed by atoms with Crippen LogP contribution in [0.25, 0.3) is 0 Å². The molecular formula is C16H17Cl2N3. The summed E-state index contributed by atoms with van der Waals surface area (Å²) in [5.74, 6) is 0. The maximum absolute atomic E-state index is 6.00. The van der Waals surface area contributed by atoms with E-state index in [1.807, 2.05) is 12.1 Å². The van der Waals surface area contributed by atoms with Crippen LogP contribution in [0.15, 0.2) is 41.8 Å². The zero-order valence-corrected chi connectivity index (χ0v) is 13.7. The number of aromatic nitrogens is 1. The van der Waals surface area contributed by atoms with E-state index in [2.05, 4.69) is 48.4 Å². The third-order valence-electron chi connectivity index (χ3n) is 3.02. The minimum absolute atomic E-state index is 0.145. The molecule has 0 saturated heterocycles. The number of nitrogens with zero attached hydrogens (tertiary/aromatic N) is 2. The molecule has 1 aromatic carbocycles. The Labute approximate surface area is 135 Å². The lowest BCUT2D eigenvalue weighted by Gasteiger charge is -2.18. The van der Waals surface area contributed by atoms with Gasteiger partial charge in [-0.3, -0.25) is 10.4 Å². The Morgan fingerprint density at radius 2 is 1.62 bits per heavy atom. The van der Waals surface area contributed by atoms with Crippen LogP contribution in [0.4, 0.5) is 5.69 Å². The average Bonchev–Trinajstić information content (AvgIpc) is 2.42. The summed E-state index contributed by atoms with van der Waals surface area (Å²) in [6.07, 6.45) is 4.76. The summed E-state index contributed by atoms with van der Waals surface area (Å²) in [5, 5.41) is 5.02. The summed E-state index contributed by atoms with van der Waals surface area (Å²) >= 11 is 12.0. The van der Waals surface area contributed by atoms with Crippen molar-refractivity contribution in [2.24, 2.45) is 5.10 Å². The molecule has 0 bridgehead atoms. The van der Waals surface area contributed by atoms with Crippen LogP contribution < -0.4 is 5.43 Å². The number of hydrogen-bond donors (Lipinski definition) is 1. The number of benzene rings is 1. The maximum Gasteiger partial charge on any atom is 0.0965 e. The van der Waals surface area contributed by atoms with Crippen molar-refractivity contribution in [1.29, 1.82) is 0 Å². The summed E-state index contributed by atoms with van der Waals surface area (Å²) in [5.41, 5.74) is 5.82. The number of halogens is 2. The topological polar surface area (TPSA) is 37.3 Å². The van der Waals surface area contributed by atoms with Crippen molar-refractivity contribution in [3.63, 3.8) is 0 Å². The molecule has 1 aromatic heterocycles. The molecule has 0 aliphatic carbocycles. The van der Waals surface area contributed by atoms with Gasteiger partial charge in [0.15, 0.2) is 0 Å². The first-order valence-electron chi connectivity index (χ1n) is 6.56. The highest BCUT2D eigenvalue weighted by molar-refractivity contribution is 6.38. The van der Waals surface area contributed by atoms with Crippen LogP contribution in [0.5, 0.6) is 0 Å². The summed E-state index contributed by atoms with van der Waals surface area (Å²) in [4.78, 5) is 3.89. The quantitative estimate of drug-likeness (QED) is 0.628. The number of rotatable bonds is 3. The Balaban J connectivity index is 2.08. The normalized spacial score (nSPS) is 11.9. The average molecular weight is 322 g/mol. The van der Waals surface area contributed by atoms with Crippen LogP contribution in [0.3, 0.4) is 0 Å². The van der Waals surface area contributed by atoms with Crippen LogP contribution in [0.2, 0.25) is 10.0 Å². The molecule has 5 heteroatoms. The van der Waals surface area contributed by atoms with Crippen molar-refractivity contribution in [3.05, 3.63) is 57.8 Å². The lowest BCUT2D eigenvalue weighted by atomic mass is 9.87. The molecule has 1 N–H and O–H groups in total. The van der Waals surface area contributed by atoms with Crippen LogP contribution in [0.1, 0.15) is 31.9 Å². The molecule has 0 amide bonds. The van der Waals surface area contributed by atoms with Crippen molar-refractivity contribution in [2.75, 3.05) is 5.43 Å². The van der Waals surface area contributed by atoms with Gasteiger partial charge in [0.1, 0.15) is 0 Å². The van der Waals surface area contributed by atoms with Gasteiger partial charge in [0.05, 0.1) is 21.9 Å². The first-order valence-corrected chi connectivity index (χ1v) is 7.32. The highest BCUT2D eigenvalue weighted by atomic mass is 35.5. The molecule has 1 heterocycles. The van der Waals surface area contributed by atoms with Crippen molar-refractivity contribution in [2.45, 2.75) is 26.2 Å². The fraction of sp³-hybridized carbons (Fsp3) is 0.250. The molecule has 2 aromatic rings. The fourth-order valence-corrected chi connectivity index (χ4v) is 2.21. The Bertz CT molecular complexity index is 623. The zero-order chi connectivity index (χ0) is 15.5. The number of pyridine rings is 1. The molecule has 21 heavy (non-hydrogen) atoms. The third kappa shape index (κ3) is 4.19. The van der Waals surface area contributed by atoms with E-state index < -0.39 is 0 Å². The lowest BCUT2D eigenvalue weighted by molar-refractivity contribution is 0.590. The predicted molar refractivity (Wildman–Crippen MR) is 90.6 cm³/mol. The number of hydrazone groups is 1. The van der Waals surface area contributed by atoms with Gasteiger partial charge < -0.3 is 0 Å². The summed E-state index contributed by atoms with van der Waals surface area (Å²) in [6.45, 7) is 6.56. The van der Waals surface area contributed by atoms with Gasteiger partial charge in [0.25, 0.3) is 0 Å². The standard InChI is InChI=1S/C16H17Cl2N3/c1-16(2,3)12-6-4-11(5-7-12)8-20-21-15-13(17)9-19-10-14(15)18/h4-10H,1-3H3,(H,19,21)/b20-8+. The van der Waals surface area contributed by atoms with Gasteiger partial charge in [0.2, 0.25) is 0 Å². The SMILES string of the molecule is CC(C)(C)c1ccc(/C=N/Nc2c(Cl)cncc2Cl)cc1. The summed E-state index contributed by atoms with van der Waals surface area (Å²) in [7, 11) is 0. The van der Waals surface area contributed by atoms with Crippen molar-refractivity contribution in [3.8, 4) is 0 Å². The van der Waals surface area contributed by atoms with Crippen LogP contribution >= 0.6 is 23.2 Å². The van der Waals surface area contributed by atoms with E-state index >= 15 is 0 Å². The van der Waals surface area contributed by atoms with E-state index in [9.17, 15) is 0 Å². The minimum atomic E-state index is 0.145. The molecule has 0 saturated carbocycles. The van der Waals surface area contributed by atoms with E-state index in [1.165, 1.54) is 18.0 Å². The van der Waals surface area contributed by atoms with E-state index in [4.69, 9.17) is 23.2 Å². The van der Waals surface area contributed by atoms with Crippen LogP contribution in [0, 0.1) is 0 Å². The third-order valence-corrected chi connectivity index (χ3v) is 3.59. The lowest BCUT2D eigenvalue weighted by Crippen LogP contribution is -2.10. The molecule has 0 fully saturated rings. The second kappa shape index (κ2) is 6.46. The zero-order valence-electron chi connectivity index (χ0n) is 12.2. The van der Waals surface area contributed by atoms with Gasteiger partial charge in [-0.25, -0.2) is 0 Å². The van der Waals surface area contributed by atoms with Crippen LogP contribution in [-0.2, 0) is 5.41 Å². The van der Waals surface area contributed by atoms with Gasteiger partial charge in [-0.05, 0) is 16.5 Å². The van der Waals surface area contributed by atoms with Crippen molar-refractivity contribution < 1.29 is 0 Å². The van der Waals surface area contributed by atoms with Gasteiger partial charge in [-0.1, -0.05) is 68.2 Å². The maximum atomic E-state index is 6.00. The monoisotopic (exact) mass is 321 g/mol. The highest BCUT2D eigenvalue weighted by Gasteiger charge is 2.12. The highest BCUT2D eigenvalue weighted by Crippen LogP contribution is 2.28. The van der Waals surface area contributed by atoms with Crippen molar-refractivity contribution >= 4 is 35.1 Å². The molecule has 110 valence electrons. The second-order valence-electron chi connectivity index (χ2n) is 5.72. The molecule has 0 unspecified atom stereocenters. The molecule has 0 atom stereocenters. The van der Waals surface area contributed by atoms with E-state index in [0.717, 1.165) is 5.56 Å². The minimum Gasteiger partial charge on any atom is -0.275 e. The first-order chi connectivity index (χ1) is 9.88. The second-order valence-corrected chi connectivity index (χ2v) is 6.53. The predicted octanol–water partition coefficient (Wildman–Crippen LogP) is 5.13. The van der Waals surface area contributed by atoms with Gasteiger partial charge in [0, 0.05) is 12.4 Å². The smallest absolute Gasteiger partial charge is 0.0965 e.